The van der Waals surface area contributed by atoms with Crippen molar-refractivity contribution in [1.82, 2.24) is 4.90 Å². The first-order valence-electron chi connectivity index (χ1n) is 6.60. The number of hydrogen-bond acceptors (Lipinski definition) is 2. The molecule has 114 valence electrons. The van der Waals surface area contributed by atoms with Gasteiger partial charge in [0.05, 0.1) is 5.69 Å². The number of carbonyl (C=O) groups excluding carboxylic acids is 1. The van der Waals surface area contributed by atoms with Gasteiger partial charge in [0.1, 0.15) is 0 Å². The lowest BCUT2D eigenvalue weighted by Gasteiger charge is -2.15. The second-order valence-corrected chi connectivity index (χ2v) is 4.74. The van der Waals surface area contributed by atoms with Crippen LogP contribution < -0.4 is 11.5 Å². The molecule has 0 unspecified atom stereocenters. The number of hydrogen-bond donors (Lipinski definition) is 2. The van der Waals surface area contributed by atoms with E-state index in [-0.39, 0.29) is 24.1 Å². The van der Waals surface area contributed by atoms with Crippen molar-refractivity contribution in [3.63, 3.8) is 0 Å². The van der Waals surface area contributed by atoms with Crippen molar-refractivity contribution >= 4 is 35.8 Å². The van der Waals surface area contributed by atoms with Gasteiger partial charge in [0, 0.05) is 18.7 Å². The van der Waals surface area contributed by atoms with Crippen LogP contribution in [0.5, 0.6) is 0 Å². The van der Waals surface area contributed by atoms with Crippen molar-refractivity contribution in [1.29, 1.82) is 0 Å². The first-order valence-corrected chi connectivity index (χ1v) is 6.60. The van der Waals surface area contributed by atoms with Crippen LogP contribution in [0.15, 0.2) is 34.3 Å². The fraction of sp³-hybridized carbons (Fsp3) is 0.357. The van der Waals surface area contributed by atoms with Crippen LogP contribution in [0.3, 0.4) is 0 Å². The molecule has 0 atom stereocenters. The maximum atomic E-state index is 11.2. The number of aliphatic imine (C=N–C) groups is 2. The number of nitrogens with zero attached hydrogens (tertiary/aromatic N) is 3. The summed E-state index contributed by atoms with van der Waals surface area (Å²) >= 11 is 0. The van der Waals surface area contributed by atoms with Gasteiger partial charge in [-0.25, -0.2) is 4.99 Å². The molecule has 6 nitrogen and oxygen atoms in total. The molecule has 1 aromatic rings. The number of ketones is 1. The van der Waals surface area contributed by atoms with Crippen molar-refractivity contribution in [3.05, 3.63) is 29.8 Å². The van der Waals surface area contributed by atoms with Gasteiger partial charge in [0.25, 0.3) is 0 Å². The molecule has 7 heteroatoms. The summed E-state index contributed by atoms with van der Waals surface area (Å²) in [6.07, 6.45) is 2.25. The van der Waals surface area contributed by atoms with Crippen molar-refractivity contribution in [2.45, 2.75) is 19.8 Å². The summed E-state index contributed by atoms with van der Waals surface area (Å²) in [5.41, 5.74) is 12.9. The van der Waals surface area contributed by atoms with Gasteiger partial charge in [-0.1, -0.05) is 0 Å². The van der Waals surface area contributed by atoms with E-state index in [1.807, 2.05) is 4.90 Å². The van der Waals surface area contributed by atoms with Gasteiger partial charge >= 0.3 is 0 Å². The quantitative estimate of drug-likeness (QED) is 0.493. The van der Waals surface area contributed by atoms with E-state index in [0.29, 0.717) is 17.2 Å². The Labute approximate surface area is 130 Å². The van der Waals surface area contributed by atoms with Crippen LogP contribution in [0.2, 0.25) is 0 Å². The summed E-state index contributed by atoms with van der Waals surface area (Å²) in [5.74, 6) is 0.541. The number of halogens is 1. The van der Waals surface area contributed by atoms with Crippen molar-refractivity contribution < 1.29 is 4.79 Å². The lowest BCUT2D eigenvalue weighted by atomic mass is 10.1. The molecule has 0 saturated carbocycles. The predicted molar refractivity (Wildman–Crippen MR) is 87.4 cm³/mol. The van der Waals surface area contributed by atoms with Gasteiger partial charge in [0.15, 0.2) is 11.7 Å². The second-order valence-electron chi connectivity index (χ2n) is 4.74. The number of benzene rings is 1. The van der Waals surface area contributed by atoms with Crippen LogP contribution in [0.4, 0.5) is 5.69 Å². The van der Waals surface area contributed by atoms with Crippen LogP contribution in [-0.4, -0.2) is 35.7 Å². The summed E-state index contributed by atoms with van der Waals surface area (Å²) in [6, 6.07) is 6.88. The maximum Gasteiger partial charge on any atom is 0.223 e. The number of rotatable bonds is 2. The van der Waals surface area contributed by atoms with E-state index in [1.165, 1.54) is 6.92 Å². The highest BCUT2D eigenvalue weighted by Gasteiger charge is 2.13. The molecule has 0 bridgehead atoms. The van der Waals surface area contributed by atoms with Crippen LogP contribution in [0.25, 0.3) is 0 Å². The minimum Gasteiger partial charge on any atom is -0.369 e. The van der Waals surface area contributed by atoms with Crippen molar-refractivity contribution in [2.24, 2.45) is 21.5 Å². The fourth-order valence-electron chi connectivity index (χ4n) is 2.06. The fourth-order valence-corrected chi connectivity index (χ4v) is 2.06. The summed E-state index contributed by atoms with van der Waals surface area (Å²) in [5, 5.41) is 0. The minimum atomic E-state index is 0. The molecule has 1 heterocycles. The van der Waals surface area contributed by atoms with Crippen LogP contribution in [-0.2, 0) is 0 Å². The molecule has 1 saturated heterocycles. The van der Waals surface area contributed by atoms with E-state index < -0.39 is 0 Å². The van der Waals surface area contributed by atoms with E-state index in [2.05, 4.69) is 9.98 Å². The molecule has 0 amide bonds. The molecule has 1 aliphatic heterocycles. The average Bonchev–Trinajstić information content (AvgIpc) is 2.93. The van der Waals surface area contributed by atoms with E-state index in [4.69, 9.17) is 11.5 Å². The number of guanidine groups is 2. The summed E-state index contributed by atoms with van der Waals surface area (Å²) < 4.78 is 0. The Morgan fingerprint density at radius 1 is 1.14 bits per heavy atom. The van der Waals surface area contributed by atoms with Crippen LogP contribution in [0, 0.1) is 0 Å². The molecule has 0 radical (unpaired) electrons. The van der Waals surface area contributed by atoms with Gasteiger partial charge in [0.2, 0.25) is 5.96 Å². The Morgan fingerprint density at radius 2 is 1.71 bits per heavy atom. The first-order chi connectivity index (χ1) is 9.56. The molecule has 21 heavy (non-hydrogen) atoms. The molecule has 1 aliphatic rings. The zero-order valence-corrected chi connectivity index (χ0v) is 12.8. The molecular weight excluding hydrogens is 290 g/mol. The maximum absolute atomic E-state index is 11.2. The van der Waals surface area contributed by atoms with Gasteiger partial charge < -0.3 is 16.4 Å². The van der Waals surface area contributed by atoms with Crippen LogP contribution in [0.1, 0.15) is 30.1 Å². The molecule has 2 rings (SSSR count). The Hall–Kier alpha value is -2.08. The Bertz CT molecular complexity index is 547. The average molecular weight is 310 g/mol. The van der Waals surface area contributed by atoms with E-state index in [0.717, 1.165) is 25.9 Å². The summed E-state index contributed by atoms with van der Waals surface area (Å²) in [6.45, 7) is 3.35. The van der Waals surface area contributed by atoms with E-state index in [9.17, 15) is 4.79 Å². The number of nitrogens with two attached hydrogens (primary N) is 2. The van der Waals surface area contributed by atoms with Gasteiger partial charge in [-0.3, -0.25) is 4.79 Å². The molecule has 4 N–H and O–H groups in total. The van der Waals surface area contributed by atoms with E-state index >= 15 is 0 Å². The third kappa shape index (κ3) is 4.75. The Morgan fingerprint density at radius 3 is 2.24 bits per heavy atom. The third-order valence-corrected chi connectivity index (χ3v) is 3.18. The second kappa shape index (κ2) is 7.64. The Kier molecular flexibility index (Phi) is 6.17. The zero-order chi connectivity index (χ0) is 14.5. The van der Waals surface area contributed by atoms with Crippen LogP contribution >= 0.6 is 12.4 Å². The molecule has 1 aromatic carbocycles. The topological polar surface area (TPSA) is 97.1 Å². The largest absolute Gasteiger partial charge is 0.369 e. The molecule has 1 fully saturated rings. The lowest BCUT2D eigenvalue weighted by molar-refractivity contribution is 0.101. The monoisotopic (exact) mass is 309 g/mol. The SMILES string of the molecule is CC(=O)c1ccc(N=C(N)N=C(N)N2CCCC2)cc1.Cl. The number of likely N-dealkylation sites (tertiary alicyclic amines) is 1. The minimum absolute atomic E-state index is 0. The smallest absolute Gasteiger partial charge is 0.223 e. The highest BCUT2D eigenvalue weighted by Crippen LogP contribution is 2.13. The zero-order valence-electron chi connectivity index (χ0n) is 12.0. The molecule has 0 spiro atoms. The molecule has 0 aromatic heterocycles. The lowest BCUT2D eigenvalue weighted by Crippen LogP contribution is -2.36. The predicted octanol–water partition coefficient (Wildman–Crippen LogP) is 1.67. The third-order valence-electron chi connectivity index (χ3n) is 3.18. The highest BCUT2D eigenvalue weighted by atomic mass is 35.5. The van der Waals surface area contributed by atoms with E-state index in [1.54, 1.807) is 24.3 Å². The molecular formula is C14H20ClN5O. The van der Waals surface area contributed by atoms with Gasteiger partial charge in [-0.2, -0.15) is 4.99 Å². The first kappa shape index (κ1) is 17.0. The number of carbonyl (C=O) groups is 1. The van der Waals surface area contributed by atoms with Gasteiger partial charge in [-0.05, 0) is 44.0 Å². The summed E-state index contributed by atoms with van der Waals surface area (Å²) in [7, 11) is 0. The Balaban J connectivity index is 0.00000220. The summed E-state index contributed by atoms with van der Waals surface area (Å²) in [4.78, 5) is 21.4. The normalized spacial score (nSPS) is 15.8. The van der Waals surface area contributed by atoms with Crippen molar-refractivity contribution in [2.75, 3.05) is 13.1 Å². The van der Waals surface area contributed by atoms with Gasteiger partial charge in [-0.15, -0.1) is 12.4 Å². The molecule has 0 aliphatic carbocycles. The highest BCUT2D eigenvalue weighted by molar-refractivity contribution is 5.95. The standard InChI is InChI=1S/C14H19N5O.ClH/c1-10(20)11-4-6-12(7-5-11)17-13(15)18-14(16)19-8-2-3-9-19;/h4-7H,2-3,8-9H2,1H3,(H4,15,16,17,18);1H. The number of Topliss-reactive ketones (excluding diaryl/α,β-unsaturated/α-hetero) is 1. The van der Waals surface area contributed by atoms with Crippen molar-refractivity contribution in [3.8, 4) is 0 Å².